The molecular formula is C19H24ClN3O5. The molecule has 1 saturated heterocycles. The zero-order valence-corrected chi connectivity index (χ0v) is 16.9. The van der Waals surface area contributed by atoms with Gasteiger partial charge in [-0.25, -0.2) is 4.79 Å². The van der Waals surface area contributed by atoms with E-state index in [0.29, 0.717) is 31.1 Å². The van der Waals surface area contributed by atoms with E-state index in [1.165, 1.54) is 19.2 Å². The molecule has 8 nitrogen and oxygen atoms in total. The summed E-state index contributed by atoms with van der Waals surface area (Å²) < 4.78 is 10.7. The molecule has 1 aromatic rings. The van der Waals surface area contributed by atoms with Crippen LogP contribution in [0.5, 0.6) is 11.5 Å². The van der Waals surface area contributed by atoms with Gasteiger partial charge in [-0.2, -0.15) is 5.01 Å². The second-order valence-corrected chi connectivity index (χ2v) is 7.61. The van der Waals surface area contributed by atoms with E-state index in [-0.39, 0.29) is 16.3 Å². The lowest BCUT2D eigenvalue weighted by atomic mass is 9.77. The van der Waals surface area contributed by atoms with E-state index in [2.05, 4.69) is 17.7 Å². The van der Waals surface area contributed by atoms with Crippen LogP contribution in [0, 0.1) is 5.92 Å². The van der Waals surface area contributed by atoms with Gasteiger partial charge in [0.05, 0.1) is 18.7 Å². The molecule has 1 heterocycles. The Morgan fingerprint density at radius 2 is 2.04 bits per heavy atom. The maximum absolute atomic E-state index is 12.9. The van der Waals surface area contributed by atoms with Crippen molar-refractivity contribution >= 4 is 29.4 Å². The molecule has 1 aliphatic carbocycles. The zero-order chi connectivity index (χ0) is 20.5. The van der Waals surface area contributed by atoms with Gasteiger partial charge in [-0.1, -0.05) is 18.5 Å². The third-order valence-electron chi connectivity index (χ3n) is 5.28. The molecule has 2 aliphatic rings. The first kappa shape index (κ1) is 20.3. The van der Waals surface area contributed by atoms with Crippen molar-refractivity contribution in [1.29, 1.82) is 0 Å². The maximum atomic E-state index is 12.9. The number of methoxy groups -OCH3 is 1. The van der Waals surface area contributed by atoms with E-state index in [1.807, 2.05) is 0 Å². The monoisotopic (exact) mass is 409 g/mol. The van der Waals surface area contributed by atoms with E-state index < -0.39 is 23.4 Å². The number of ether oxygens (including phenoxy) is 2. The van der Waals surface area contributed by atoms with Crippen molar-refractivity contribution in [3.05, 3.63) is 22.7 Å². The normalized spacial score (nSPS) is 24.3. The number of carbonyl (C=O) groups excluding carboxylic acids is 3. The summed E-state index contributed by atoms with van der Waals surface area (Å²) in [5, 5.41) is 3.71. The Kier molecular flexibility index (Phi) is 5.69. The third kappa shape index (κ3) is 3.61. The Balaban J connectivity index is 1.78. The van der Waals surface area contributed by atoms with Crippen LogP contribution in [0.3, 0.4) is 0 Å². The molecule has 0 atom stereocenters. The van der Waals surface area contributed by atoms with E-state index in [1.54, 1.807) is 6.92 Å². The molecule has 1 aliphatic heterocycles. The number of hydrogen-bond donors (Lipinski definition) is 2. The first-order chi connectivity index (χ1) is 13.3. The number of nitrogens with zero attached hydrogens (tertiary/aromatic N) is 1. The van der Waals surface area contributed by atoms with Crippen molar-refractivity contribution in [2.45, 2.75) is 45.1 Å². The fourth-order valence-corrected chi connectivity index (χ4v) is 3.88. The lowest BCUT2D eigenvalue weighted by Gasteiger charge is -2.33. The van der Waals surface area contributed by atoms with Gasteiger partial charge >= 0.3 is 6.03 Å². The van der Waals surface area contributed by atoms with E-state index in [0.717, 1.165) is 17.9 Å². The summed E-state index contributed by atoms with van der Waals surface area (Å²) in [6.07, 6.45) is 2.82. The van der Waals surface area contributed by atoms with E-state index >= 15 is 0 Å². The van der Waals surface area contributed by atoms with Crippen LogP contribution in [-0.2, 0) is 4.79 Å². The SMILES string of the molecule is CCOc1c(Cl)cc(C(=O)NN2C(=O)NC3(CCC(C)CC3)C2=O)cc1OC. The number of halogens is 1. The van der Waals surface area contributed by atoms with Crippen molar-refractivity contribution in [1.82, 2.24) is 15.8 Å². The number of amides is 4. The molecule has 2 N–H and O–H groups in total. The number of rotatable bonds is 5. The van der Waals surface area contributed by atoms with E-state index in [9.17, 15) is 14.4 Å². The van der Waals surface area contributed by atoms with Gasteiger partial charge in [-0.15, -0.1) is 0 Å². The molecule has 9 heteroatoms. The minimum Gasteiger partial charge on any atom is -0.493 e. The summed E-state index contributed by atoms with van der Waals surface area (Å²) in [5.41, 5.74) is 1.60. The Bertz CT molecular complexity index is 805. The number of urea groups is 1. The van der Waals surface area contributed by atoms with Crippen molar-refractivity contribution in [3.8, 4) is 11.5 Å². The molecule has 4 amide bonds. The standard InChI is InChI=1S/C19H24ClN3O5/c1-4-28-15-13(20)9-12(10-14(15)27-3)16(24)22-23-17(25)19(21-18(23)26)7-5-11(2)6-8-19/h9-11H,4-8H2,1-3H3,(H,21,26)(H,22,24). The number of hydrazine groups is 1. The van der Waals surface area contributed by atoms with Crippen LogP contribution in [0.4, 0.5) is 4.79 Å². The van der Waals surface area contributed by atoms with Gasteiger partial charge in [-0.05, 0) is 50.7 Å². The molecule has 152 valence electrons. The number of carbonyl (C=O) groups is 3. The van der Waals surface area contributed by atoms with Gasteiger partial charge in [0.25, 0.3) is 11.8 Å². The topological polar surface area (TPSA) is 97.0 Å². The van der Waals surface area contributed by atoms with Gasteiger partial charge in [0.1, 0.15) is 5.54 Å². The molecule has 1 spiro atoms. The average molecular weight is 410 g/mol. The van der Waals surface area contributed by atoms with Gasteiger partial charge < -0.3 is 14.8 Å². The summed E-state index contributed by atoms with van der Waals surface area (Å²) in [5.74, 6) is 0.0510. The summed E-state index contributed by atoms with van der Waals surface area (Å²) in [6.45, 7) is 4.30. The van der Waals surface area contributed by atoms with Crippen LogP contribution >= 0.6 is 11.6 Å². The summed E-state index contributed by atoms with van der Waals surface area (Å²) in [4.78, 5) is 37.9. The smallest absolute Gasteiger partial charge is 0.344 e. The van der Waals surface area contributed by atoms with Gasteiger partial charge in [0.15, 0.2) is 11.5 Å². The first-order valence-corrected chi connectivity index (χ1v) is 9.67. The largest absolute Gasteiger partial charge is 0.493 e. The fraction of sp³-hybridized carbons (Fsp3) is 0.526. The number of nitrogens with one attached hydrogen (secondary N) is 2. The minimum absolute atomic E-state index is 0.143. The molecular weight excluding hydrogens is 386 g/mol. The zero-order valence-electron chi connectivity index (χ0n) is 16.1. The van der Waals surface area contributed by atoms with Crippen molar-refractivity contribution in [3.63, 3.8) is 0 Å². The minimum atomic E-state index is -0.926. The average Bonchev–Trinajstić information content (AvgIpc) is 2.90. The predicted molar refractivity (Wildman–Crippen MR) is 102 cm³/mol. The lowest BCUT2D eigenvalue weighted by molar-refractivity contribution is -0.134. The summed E-state index contributed by atoms with van der Waals surface area (Å²) >= 11 is 6.20. The fourth-order valence-electron chi connectivity index (χ4n) is 3.62. The summed E-state index contributed by atoms with van der Waals surface area (Å²) in [6, 6.07) is 2.22. The van der Waals surface area contributed by atoms with Crippen LogP contribution in [0.1, 0.15) is 49.9 Å². The molecule has 0 bridgehead atoms. The molecule has 0 radical (unpaired) electrons. The Morgan fingerprint density at radius 1 is 1.36 bits per heavy atom. The number of imide groups is 1. The van der Waals surface area contributed by atoms with Gasteiger partial charge in [-0.3, -0.25) is 15.0 Å². The molecule has 1 aromatic carbocycles. The van der Waals surface area contributed by atoms with Crippen molar-refractivity contribution < 1.29 is 23.9 Å². The molecule has 0 unspecified atom stereocenters. The number of benzene rings is 1. The third-order valence-corrected chi connectivity index (χ3v) is 5.56. The summed E-state index contributed by atoms with van der Waals surface area (Å²) in [7, 11) is 1.43. The molecule has 2 fully saturated rings. The predicted octanol–water partition coefficient (Wildman–Crippen LogP) is 2.89. The van der Waals surface area contributed by atoms with E-state index in [4.69, 9.17) is 21.1 Å². The quantitative estimate of drug-likeness (QED) is 0.729. The Hall–Kier alpha value is -2.48. The maximum Gasteiger partial charge on any atom is 0.344 e. The van der Waals surface area contributed by atoms with Crippen molar-refractivity contribution in [2.24, 2.45) is 5.92 Å². The van der Waals surface area contributed by atoms with Crippen LogP contribution in [-0.4, -0.2) is 42.1 Å². The van der Waals surface area contributed by atoms with Crippen LogP contribution in [0.2, 0.25) is 5.02 Å². The lowest BCUT2D eigenvalue weighted by Crippen LogP contribution is -2.51. The van der Waals surface area contributed by atoms with Crippen LogP contribution in [0.25, 0.3) is 0 Å². The molecule has 28 heavy (non-hydrogen) atoms. The highest BCUT2D eigenvalue weighted by Gasteiger charge is 2.52. The Labute approximate surface area is 168 Å². The first-order valence-electron chi connectivity index (χ1n) is 9.29. The van der Waals surface area contributed by atoms with Gasteiger partial charge in [0, 0.05) is 5.56 Å². The molecule has 3 rings (SSSR count). The Morgan fingerprint density at radius 3 is 2.64 bits per heavy atom. The van der Waals surface area contributed by atoms with Crippen LogP contribution in [0.15, 0.2) is 12.1 Å². The second-order valence-electron chi connectivity index (χ2n) is 7.20. The van der Waals surface area contributed by atoms with Crippen molar-refractivity contribution in [2.75, 3.05) is 13.7 Å². The van der Waals surface area contributed by atoms with Crippen LogP contribution < -0.4 is 20.2 Å². The number of hydrogen-bond acceptors (Lipinski definition) is 5. The highest BCUT2D eigenvalue weighted by molar-refractivity contribution is 6.32. The van der Waals surface area contributed by atoms with Gasteiger partial charge in [0.2, 0.25) is 0 Å². The molecule has 1 saturated carbocycles. The second kappa shape index (κ2) is 7.87. The highest BCUT2D eigenvalue weighted by Crippen LogP contribution is 2.37. The molecule has 0 aromatic heterocycles. The highest BCUT2D eigenvalue weighted by atomic mass is 35.5.